The van der Waals surface area contributed by atoms with E-state index in [1.165, 1.54) is 0 Å². The molecule has 0 saturated carbocycles. The summed E-state index contributed by atoms with van der Waals surface area (Å²) in [6.07, 6.45) is 0.844. The van der Waals surface area contributed by atoms with Crippen LogP contribution in [0.1, 0.15) is 16.8 Å². The zero-order chi connectivity index (χ0) is 13.9. The maximum atomic E-state index is 12.4. The van der Waals surface area contributed by atoms with E-state index in [0.29, 0.717) is 24.6 Å². The molecule has 2 heterocycles. The minimum absolute atomic E-state index is 0.0729. The van der Waals surface area contributed by atoms with Gasteiger partial charge in [-0.2, -0.15) is 0 Å². The number of anilines is 1. The highest BCUT2D eigenvalue weighted by Crippen LogP contribution is 2.20. The Kier molecular flexibility index (Phi) is 3.49. The number of fused-ring (bicyclic) bond motifs is 1. The van der Waals surface area contributed by atoms with E-state index in [1.807, 2.05) is 24.3 Å². The van der Waals surface area contributed by atoms with E-state index in [9.17, 15) is 4.79 Å². The summed E-state index contributed by atoms with van der Waals surface area (Å²) in [6.45, 7) is 1.26. The Balaban J connectivity index is 1.97. The molecule has 0 aliphatic carbocycles. The molecule has 1 unspecified atom stereocenters. The van der Waals surface area contributed by atoms with Crippen molar-refractivity contribution in [2.75, 3.05) is 18.6 Å². The molecule has 1 aromatic heterocycles. The summed E-state index contributed by atoms with van der Waals surface area (Å²) >= 11 is 0. The zero-order valence-corrected chi connectivity index (χ0v) is 10.9. The molecule has 1 aromatic carbocycles. The summed E-state index contributed by atoms with van der Waals surface area (Å²) < 4.78 is 5.27. The van der Waals surface area contributed by atoms with Gasteiger partial charge in [-0.25, -0.2) is 10.8 Å². The van der Waals surface area contributed by atoms with Gasteiger partial charge in [-0.1, -0.05) is 18.2 Å². The molecule has 1 atom stereocenters. The first-order valence-electron chi connectivity index (χ1n) is 6.53. The molecule has 1 saturated heterocycles. The third-order valence-electron chi connectivity index (χ3n) is 3.37. The molecule has 0 bridgehead atoms. The number of pyridine rings is 1. The normalized spacial score (nSPS) is 18.1. The van der Waals surface area contributed by atoms with Crippen LogP contribution in [0.25, 0.3) is 10.9 Å². The van der Waals surface area contributed by atoms with Crippen molar-refractivity contribution >= 4 is 22.6 Å². The SMILES string of the molecule is NNc1cc(C(=O)NC2CCOC2)c2ccccc2n1. The molecule has 1 aliphatic heterocycles. The number of benzene rings is 1. The number of carbonyl (C=O) groups excluding carboxylic acids is 1. The Morgan fingerprint density at radius 2 is 2.25 bits per heavy atom. The van der Waals surface area contributed by atoms with Crippen LogP contribution >= 0.6 is 0 Å². The second-order valence-corrected chi connectivity index (χ2v) is 4.75. The Labute approximate surface area is 116 Å². The summed E-state index contributed by atoms with van der Waals surface area (Å²) in [5, 5.41) is 3.79. The van der Waals surface area contributed by atoms with E-state index < -0.39 is 0 Å². The van der Waals surface area contributed by atoms with E-state index >= 15 is 0 Å². The van der Waals surface area contributed by atoms with Gasteiger partial charge in [0.05, 0.1) is 23.7 Å². The highest BCUT2D eigenvalue weighted by atomic mass is 16.5. The predicted molar refractivity (Wildman–Crippen MR) is 76.2 cm³/mol. The first-order chi connectivity index (χ1) is 9.78. The van der Waals surface area contributed by atoms with Crippen molar-refractivity contribution in [1.82, 2.24) is 10.3 Å². The molecule has 3 rings (SSSR count). The van der Waals surface area contributed by atoms with Gasteiger partial charge in [0.1, 0.15) is 5.82 Å². The fourth-order valence-corrected chi connectivity index (χ4v) is 2.35. The largest absolute Gasteiger partial charge is 0.379 e. The zero-order valence-electron chi connectivity index (χ0n) is 10.9. The average molecular weight is 272 g/mol. The van der Waals surface area contributed by atoms with Crippen LogP contribution in [0.5, 0.6) is 0 Å². The van der Waals surface area contributed by atoms with E-state index in [1.54, 1.807) is 6.07 Å². The lowest BCUT2D eigenvalue weighted by molar-refractivity contribution is 0.0931. The highest BCUT2D eigenvalue weighted by Gasteiger charge is 2.20. The van der Waals surface area contributed by atoms with E-state index in [4.69, 9.17) is 10.6 Å². The molecule has 0 spiro atoms. The second-order valence-electron chi connectivity index (χ2n) is 4.75. The van der Waals surface area contributed by atoms with Crippen LogP contribution in [0, 0.1) is 0 Å². The summed E-state index contributed by atoms with van der Waals surface area (Å²) in [4.78, 5) is 16.7. The smallest absolute Gasteiger partial charge is 0.252 e. The minimum atomic E-state index is -0.129. The van der Waals surface area contributed by atoms with E-state index in [0.717, 1.165) is 17.3 Å². The van der Waals surface area contributed by atoms with Crippen molar-refractivity contribution in [3.8, 4) is 0 Å². The van der Waals surface area contributed by atoms with Gasteiger partial charge in [0.2, 0.25) is 0 Å². The van der Waals surface area contributed by atoms with Crippen LogP contribution in [0.4, 0.5) is 5.82 Å². The molecule has 2 aromatic rings. The number of nitrogen functional groups attached to an aromatic ring is 1. The number of amides is 1. The number of nitrogens with zero attached hydrogens (tertiary/aromatic N) is 1. The third kappa shape index (κ3) is 2.43. The Morgan fingerprint density at radius 3 is 3.00 bits per heavy atom. The van der Waals surface area contributed by atoms with Gasteiger partial charge in [0.15, 0.2) is 0 Å². The number of aromatic nitrogens is 1. The Hall–Kier alpha value is -2.18. The van der Waals surface area contributed by atoms with Gasteiger partial charge < -0.3 is 15.5 Å². The van der Waals surface area contributed by atoms with E-state index in [2.05, 4.69) is 15.7 Å². The fraction of sp³-hybridized carbons (Fsp3) is 0.286. The maximum Gasteiger partial charge on any atom is 0.252 e. The minimum Gasteiger partial charge on any atom is -0.379 e. The first kappa shape index (κ1) is 12.8. The van der Waals surface area contributed by atoms with Gasteiger partial charge in [-0.15, -0.1) is 0 Å². The molecular weight excluding hydrogens is 256 g/mol. The van der Waals surface area contributed by atoms with Gasteiger partial charge >= 0.3 is 0 Å². The number of hydrazine groups is 1. The predicted octanol–water partition coefficient (Wildman–Crippen LogP) is 1.04. The number of ether oxygens (including phenoxy) is 1. The number of nitrogens with two attached hydrogens (primary N) is 1. The van der Waals surface area contributed by atoms with Gasteiger partial charge in [0.25, 0.3) is 5.91 Å². The number of para-hydroxylation sites is 1. The molecule has 104 valence electrons. The molecule has 1 aliphatic rings. The molecule has 1 amide bonds. The molecular formula is C14H16N4O2. The summed E-state index contributed by atoms with van der Waals surface area (Å²) in [7, 11) is 0. The summed E-state index contributed by atoms with van der Waals surface area (Å²) in [5.74, 6) is 5.75. The quantitative estimate of drug-likeness (QED) is 0.574. The van der Waals surface area contributed by atoms with Crippen molar-refractivity contribution in [2.45, 2.75) is 12.5 Å². The third-order valence-corrected chi connectivity index (χ3v) is 3.37. The lowest BCUT2D eigenvalue weighted by atomic mass is 10.1. The topological polar surface area (TPSA) is 89.3 Å². The van der Waals surface area contributed by atoms with Crippen LogP contribution in [0.3, 0.4) is 0 Å². The van der Waals surface area contributed by atoms with Crippen LogP contribution in [0.15, 0.2) is 30.3 Å². The maximum absolute atomic E-state index is 12.4. The van der Waals surface area contributed by atoms with Gasteiger partial charge in [0, 0.05) is 12.0 Å². The number of hydrogen-bond donors (Lipinski definition) is 3. The summed E-state index contributed by atoms with van der Waals surface area (Å²) in [6, 6.07) is 9.22. The Morgan fingerprint density at radius 1 is 1.40 bits per heavy atom. The fourth-order valence-electron chi connectivity index (χ4n) is 2.35. The van der Waals surface area contributed by atoms with Crippen molar-refractivity contribution in [3.05, 3.63) is 35.9 Å². The number of hydrogen-bond acceptors (Lipinski definition) is 5. The van der Waals surface area contributed by atoms with Crippen LogP contribution in [-0.4, -0.2) is 30.1 Å². The summed E-state index contributed by atoms with van der Waals surface area (Å²) in [5.41, 5.74) is 3.79. The Bertz CT molecular complexity index is 638. The molecule has 0 radical (unpaired) electrons. The molecule has 1 fully saturated rings. The lowest BCUT2D eigenvalue weighted by Gasteiger charge is -2.13. The number of carbonyl (C=O) groups is 1. The van der Waals surface area contributed by atoms with Crippen molar-refractivity contribution in [1.29, 1.82) is 0 Å². The van der Waals surface area contributed by atoms with Crippen molar-refractivity contribution < 1.29 is 9.53 Å². The van der Waals surface area contributed by atoms with Gasteiger partial charge in [-0.05, 0) is 18.6 Å². The second kappa shape index (κ2) is 5.44. The molecule has 6 nitrogen and oxygen atoms in total. The van der Waals surface area contributed by atoms with Crippen LogP contribution in [-0.2, 0) is 4.74 Å². The number of rotatable bonds is 3. The average Bonchev–Trinajstić information content (AvgIpc) is 2.98. The molecule has 4 N–H and O–H groups in total. The van der Waals surface area contributed by atoms with Gasteiger partial charge in [-0.3, -0.25) is 4.79 Å². The first-order valence-corrected chi connectivity index (χ1v) is 6.53. The lowest BCUT2D eigenvalue weighted by Crippen LogP contribution is -2.35. The van der Waals surface area contributed by atoms with Crippen LogP contribution < -0.4 is 16.6 Å². The van der Waals surface area contributed by atoms with E-state index in [-0.39, 0.29) is 11.9 Å². The van der Waals surface area contributed by atoms with Crippen molar-refractivity contribution in [3.63, 3.8) is 0 Å². The highest BCUT2D eigenvalue weighted by molar-refractivity contribution is 6.07. The van der Waals surface area contributed by atoms with Crippen molar-refractivity contribution in [2.24, 2.45) is 5.84 Å². The molecule has 6 heteroatoms. The monoisotopic (exact) mass is 272 g/mol. The molecule has 20 heavy (non-hydrogen) atoms. The standard InChI is InChI=1S/C14H16N4O2/c15-18-13-7-11(10-3-1-2-4-12(10)17-13)14(19)16-9-5-6-20-8-9/h1-4,7,9H,5-6,8,15H2,(H,16,19)(H,17,18). The number of nitrogens with one attached hydrogen (secondary N) is 2. The van der Waals surface area contributed by atoms with Crippen LogP contribution in [0.2, 0.25) is 0 Å².